The number of hydrogen-bond donors (Lipinski definition) is 1. The van der Waals surface area contributed by atoms with Crippen molar-refractivity contribution in [2.24, 2.45) is 0 Å². The predicted octanol–water partition coefficient (Wildman–Crippen LogP) is 0.879. The first-order valence-corrected chi connectivity index (χ1v) is 10.6. The molecule has 1 aliphatic rings. The minimum absolute atomic E-state index is 0. The summed E-state index contributed by atoms with van der Waals surface area (Å²) < 4.78 is 38.3. The first-order valence-electron chi connectivity index (χ1n) is 9.15. The van der Waals surface area contributed by atoms with Gasteiger partial charge in [0.1, 0.15) is 34.1 Å². The summed E-state index contributed by atoms with van der Waals surface area (Å²) in [6, 6.07) is 15.6. The van der Waals surface area contributed by atoms with Gasteiger partial charge in [-0.1, -0.05) is 48.5 Å². The van der Waals surface area contributed by atoms with Gasteiger partial charge in [-0.05, 0) is 47.6 Å². The smallest absolute Gasteiger partial charge is 0.872 e. The largest absolute Gasteiger partial charge is 1.00 e. The van der Waals surface area contributed by atoms with Gasteiger partial charge in [-0.25, -0.2) is 0 Å². The van der Waals surface area contributed by atoms with Crippen LogP contribution in [0.4, 0.5) is 0 Å². The predicted molar refractivity (Wildman–Crippen MR) is 116 cm³/mol. The van der Waals surface area contributed by atoms with Gasteiger partial charge >= 0.3 is 29.6 Å². The van der Waals surface area contributed by atoms with E-state index in [-0.39, 0.29) is 57.1 Å². The summed E-state index contributed by atoms with van der Waals surface area (Å²) in [4.78, 5) is -0.268. The fraction of sp³-hybridized carbons (Fsp3) is 0. The number of allylic oxidation sites excluding steroid dienone is 6. The molecule has 0 atom stereocenters. The standard InChI is InChI=1S/C24H16N2O5S.Na/c25-15-20(16-26)19-13-22(11-7-17-5-9-21(27)10-6-17)31-23(14-19)12-8-18-3-1-2-4-24(18)32(28,29)30;/h1-14,27H,(H,28,29,30);/q;+1/p-1/b11-7+,12-8+;. The van der Waals surface area contributed by atoms with E-state index in [1.165, 1.54) is 54.6 Å². The van der Waals surface area contributed by atoms with Crippen LogP contribution in [0.15, 0.2) is 100 Å². The Hall–Kier alpha value is -3.37. The van der Waals surface area contributed by atoms with Crippen LogP contribution in [0.25, 0.3) is 12.2 Å². The van der Waals surface area contributed by atoms with Gasteiger partial charge in [-0.2, -0.15) is 18.9 Å². The second kappa shape index (κ2) is 11.5. The van der Waals surface area contributed by atoms with Crippen molar-refractivity contribution >= 4 is 22.3 Å². The maximum atomic E-state index is 11.6. The first kappa shape index (κ1) is 25.9. The van der Waals surface area contributed by atoms with E-state index in [4.69, 9.17) is 4.74 Å². The van der Waals surface area contributed by atoms with E-state index in [0.29, 0.717) is 11.3 Å². The molecule has 0 unspecified atom stereocenters. The second-order valence-corrected chi connectivity index (χ2v) is 7.89. The van der Waals surface area contributed by atoms with Crippen LogP contribution in [0.2, 0.25) is 0 Å². The molecular weight excluding hydrogens is 451 g/mol. The van der Waals surface area contributed by atoms with Gasteiger partial charge in [-0.15, -0.1) is 5.75 Å². The van der Waals surface area contributed by atoms with Crippen molar-refractivity contribution in [3.8, 4) is 17.9 Å². The number of rotatable bonds is 5. The zero-order chi connectivity index (χ0) is 23.1. The van der Waals surface area contributed by atoms with Crippen molar-refractivity contribution in [3.63, 3.8) is 0 Å². The van der Waals surface area contributed by atoms with Crippen LogP contribution in [-0.2, 0) is 14.9 Å². The molecule has 3 rings (SSSR count). The van der Waals surface area contributed by atoms with Crippen LogP contribution in [0.1, 0.15) is 11.1 Å². The minimum Gasteiger partial charge on any atom is -0.872 e. The molecule has 0 aliphatic carbocycles. The quantitative estimate of drug-likeness (QED) is 0.393. The summed E-state index contributed by atoms with van der Waals surface area (Å²) >= 11 is 0. The van der Waals surface area contributed by atoms with Gasteiger partial charge in [0.25, 0.3) is 10.1 Å². The molecule has 0 bridgehead atoms. The average Bonchev–Trinajstić information content (AvgIpc) is 2.78. The van der Waals surface area contributed by atoms with Crippen molar-refractivity contribution in [2.45, 2.75) is 4.90 Å². The summed E-state index contributed by atoms with van der Waals surface area (Å²) in [5.74, 6) is 0.443. The van der Waals surface area contributed by atoms with Crippen molar-refractivity contribution in [3.05, 3.63) is 107 Å². The van der Waals surface area contributed by atoms with Crippen molar-refractivity contribution in [1.82, 2.24) is 0 Å². The summed E-state index contributed by atoms with van der Waals surface area (Å²) in [7, 11) is -4.42. The van der Waals surface area contributed by atoms with E-state index in [1.54, 1.807) is 30.4 Å². The monoisotopic (exact) mass is 466 g/mol. The van der Waals surface area contributed by atoms with Crippen LogP contribution < -0.4 is 34.7 Å². The van der Waals surface area contributed by atoms with Crippen LogP contribution in [0.5, 0.6) is 5.75 Å². The normalized spacial score (nSPS) is 13.4. The van der Waals surface area contributed by atoms with E-state index in [2.05, 4.69) is 0 Å². The van der Waals surface area contributed by atoms with Crippen molar-refractivity contribution in [1.29, 1.82) is 10.5 Å². The van der Waals surface area contributed by atoms with Crippen molar-refractivity contribution in [2.75, 3.05) is 0 Å². The Morgan fingerprint density at radius 1 is 0.909 bits per heavy atom. The molecule has 2 aromatic carbocycles. The summed E-state index contributed by atoms with van der Waals surface area (Å²) in [6.07, 6.45) is 9.19. The van der Waals surface area contributed by atoms with Crippen LogP contribution in [0.3, 0.4) is 0 Å². The fourth-order valence-electron chi connectivity index (χ4n) is 2.79. The Morgan fingerprint density at radius 2 is 1.48 bits per heavy atom. The Balaban J connectivity index is 0.00000385. The maximum Gasteiger partial charge on any atom is 1.00 e. The minimum atomic E-state index is -4.42. The molecule has 33 heavy (non-hydrogen) atoms. The molecular formula is C24H15N2NaO5S. The zero-order valence-electron chi connectivity index (χ0n) is 17.5. The van der Waals surface area contributed by atoms with E-state index < -0.39 is 10.1 Å². The van der Waals surface area contributed by atoms with E-state index in [9.17, 15) is 28.6 Å². The van der Waals surface area contributed by atoms with Crippen LogP contribution in [0, 0.1) is 22.7 Å². The van der Waals surface area contributed by atoms with Gasteiger partial charge in [0.05, 0.1) is 0 Å². The Bertz CT molecular complexity index is 1370. The molecule has 158 valence electrons. The van der Waals surface area contributed by atoms with Gasteiger partial charge in [0, 0.05) is 5.57 Å². The molecule has 2 aromatic rings. The zero-order valence-corrected chi connectivity index (χ0v) is 20.3. The number of benzene rings is 2. The fourth-order valence-corrected chi connectivity index (χ4v) is 3.47. The maximum absolute atomic E-state index is 11.6. The summed E-state index contributed by atoms with van der Waals surface area (Å²) in [5, 5.41) is 29.7. The molecule has 9 heteroatoms. The Kier molecular flexibility index (Phi) is 9.01. The molecule has 0 amide bonds. The van der Waals surface area contributed by atoms with Crippen LogP contribution >= 0.6 is 0 Å². The van der Waals surface area contributed by atoms with E-state index in [0.717, 1.165) is 5.56 Å². The average molecular weight is 466 g/mol. The number of nitrogens with zero attached hydrogens (tertiary/aromatic N) is 2. The molecule has 0 radical (unpaired) electrons. The van der Waals surface area contributed by atoms with Gasteiger partial charge < -0.3 is 9.84 Å². The second-order valence-electron chi connectivity index (χ2n) is 6.50. The topological polar surface area (TPSA) is 134 Å². The molecule has 0 saturated heterocycles. The summed E-state index contributed by atoms with van der Waals surface area (Å²) in [5.41, 5.74) is 1.17. The number of nitriles is 2. The number of ether oxygens (including phenoxy) is 1. The molecule has 1 aliphatic heterocycles. The molecule has 0 spiro atoms. The van der Waals surface area contributed by atoms with E-state index >= 15 is 0 Å². The molecule has 7 nitrogen and oxygen atoms in total. The van der Waals surface area contributed by atoms with Gasteiger partial charge in [0.2, 0.25) is 0 Å². The molecule has 1 heterocycles. The van der Waals surface area contributed by atoms with Crippen molar-refractivity contribution < 1.29 is 52.4 Å². The first-order chi connectivity index (χ1) is 15.3. The third kappa shape index (κ3) is 7.06. The SMILES string of the molecule is N#CC(C#N)=C1C=C(/C=C/c2ccc([O-])cc2)OC(/C=C/c2ccccc2S(=O)(=O)O)=C1.[Na+]. The summed E-state index contributed by atoms with van der Waals surface area (Å²) in [6.45, 7) is 0. The van der Waals surface area contributed by atoms with Crippen LogP contribution in [-0.4, -0.2) is 13.0 Å². The third-order valence-corrected chi connectivity index (χ3v) is 5.22. The Morgan fingerprint density at radius 3 is 2.06 bits per heavy atom. The number of hydrogen-bond acceptors (Lipinski definition) is 6. The third-order valence-electron chi connectivity index (χ3n) is 4.29. The molecule has 1 N–H and O–H groups in total. The molecule has 0 fully saturated rings. The molecule has 0 aromatic heterocycles. The van der Waals surface area contributed by atoms with E-state index in [1.807, 2.05) is 12.1 Å². The molecule has 0 saturated carbocycles. The Labute approximate surface area is 213 Å². The van der Waals surface area contributed by atoms with Gasteiger partial charge in [0.15, 0.2) is 0 Å². The van der Waals surface area contributed by atoms with Gasteiger partial charge in [-0.3, -0.25) is 4.55 Å².